The van der Waals surface area contributed by atoms with Crippen molar-refractivity contribution in [2.24, 2.45) is 0 Å². The first-order valence-corrected chi connectivity index (χ1v) is 8.90. The van der Waals surface area contributed by atoms with Gasteiger partial charge in [-0.3, -0.25) is 0 Å². The zero-order chi connectivity index (χ0) is 10.9. The molecule has 0 N–H and O–H groups in total. The Bertz CT molecular complexity index is 144. The summed E-state index contributed by atoms with van der Waals surface area (Å²) in [6.07, 6.45) is 16.6. The summed E-state index contributed by atoms with van der Waals surface area (Å²) in [6, 6.07) is 0. The molecule has 0 radical (unpaired) electrons. The van der Waals surface area contributed by atoms with Crippen LogP contribution in [-0.4, -0.2) is 18.0 Å². The maximum Gasteiger partial charge on any atom is -0.0209 e. The average Bonchev–Trinajstić information content (AvgIpc) is 2.66. The predicted molar refractivity (Wildman–Crippen MR) is 73.3 cm³/mol. The topological polar surface area (TPSA) is 0 Å². The van der Waals surface area contributed by atoms with Crippen molar-refractivity contribution in [3.05, 3.63) is 0 Å². The second-order valence-corrected chi connectivity index (χ2v) is 7.84. The van der Waals surface area contributed by atoms with Crippen molar-refractivity contribution in [1.82, 2.24) is 0 Å². The molecule has 1 heterocycles. The first-order chi connectivity index (χ1) is 7.38. The van der Waals surface area contributed by atoms with Gasteiger partial charge in [-0.15, -0.1) is 7.92 Å². The average molecular weight is 228 g/mol. The van der Waals surface area contributed by atoms with Crippen molar-refractivity contribution in [3.8, 4) is 0 Å². The Balaban J connectivity index is 2.03. The van der Waals surface area contributed by atoms with E-state index < -0.39 is 0 Å². The molecule has 90 valence electrons. The fourth-order valence-electron chi connectivity index (χ4n) is 2.79. The van der Waals surface area contributed by atoms with Crippen LogP contribution in [0.25, 0.3) is 0 Å². The van der Waals surface area contributed by atoms with Gasteiger partial charge in [0.1, 0.15) is 0 Å². The Morgan fingerprint density at radius 1 is 1.00 bits per heavy atom. The first kappa shape index (κ1) is 13.5. The highest BCUT2D eigenvalue weighted by molar-refractivity contribution is 7.58. The molecule has 0 aliphatic carbocycles. The molecule has 0 spiro atoms. The summed E-state index contributed by atoms with van der Waals surface area (Å²) >= 11 is 0. The number of rotatable bonds is 8. The quantitative estimate of drug-likeness (QED) is 0.385. The molecular weight excluding hydrogens is 199 g/mol. The van der Waals surface area contributed by atoms with E-state index in [1.807, 2.05) is 0 Å². The van der Waals surface area contributed by atoms with E-state index in [9.17, 15) is 0 Å². The molecule has 1 aliphatic heterocycles. The summed E-state index contributed by atoms with van der Waals surface area (Å²) in [7, 11) is 0.467. The van der Waals surface area contributed by atoms with Crippen molar-refractivity contribution >= 4 is 7.92 Å². The Labute approximate surface area is 98.0 Å². The highest BCUT2D eigenvalue weighted by atomic mass is 31.1. The van der Waals surface area contributed by atoms with Gasteiger partial charge in [0.05, 0.1) is 0 Å². The SMILES string of the molecule is CCCCCCCC1CCCP1CCC. The third-order valence-corrected chi connectivity index (χ3v) is 7.11. The molecule has 1 rings (SSSR count). The van der Waals surface area contributed by atoms with Crippen molar-refractivity contribution in [3.63, 3.8) is 0 Å². The number of hydrogen-bond donors (Lipinski definition) is 0. The third-order valence-electron chi connectivity index (χ3n) is 3.65. The van der Waals surface area contributed by atoms with Crippen molar-refractivity contribution in [1.29, 1.82) is 0 Å². The molecule has 0 aromatic rings. The fraction of sp³-hybridized carbons (Fsp3) is 1.00. The molecule has 1 heteroatoms. The molecule has 0 amide bonds. The van der Waals surface area contributed by atoms with Crippen LogP contribution in [0.5, 0.6) is 0 Å². The van der Waals surface area contributed by atoms with Crippen LogP contribution < -0.4 is 0 Å². The number of hydrogen-bond acceptors (Lipinski definition) is 0. The highest BCUT2D eigenvalue weighted by Gasteiger charge is 2.24. The standard InChI is InChI=1S/C14H29P/c1-3-5-6-7-8-10-14-11-9-13-15(14)12-4-2/h14H,3-13H2,1-2H3. The molecular formula is C14H29P. The third kappa shape index (κ3) is 5.34. The van der Waals surface area contributed by atoms with E-state index in [-0.39, 0.29) is 0 Å². The van der Waals surface area contributed by atoms with Crippen molar-refractivity contribution < 1.29 is 0 Å². The summed E-state index contributed by atoms with van der Waals surface area (Å²) in [4.78, 5) is 0. The summed E-state index contributed by atoms with van der Waals surface area (Å²) in [5.74, 6) is 0. The van der Waals surface area contributed by atoms with Gasteiger partial charge in [-0.25, -0.2) is 0 Å². The van der Waals surface area contributed by atoms with Crippen LogP contribution in [0.15, 0.2) is 0 Å². The molecule has 2 unspecified atom stereocenters. The van der Waals surface area contributed by atoms with Crippen molar-refractivity contribution in [2.45, 2.75) is 77.3 Å². The minimum absolute atomic E-state index is 0.467. The minimum atomic E-state index is 0.467. The zero-order valence-corrected chi connectivity index (χ0v) is 11.7. The van der Waals surface area contributed by atoms with E-state index >= 15 is 0 Å². The largest absolute Gasteiger partial charge is 0.104 e. The molecule has 0 nitrogen and oxygen atoms in total. The lowest BCUT2D eigenvalue weighted by molar-refractivity contribution is 0.587. The molecule has 0 saturated carbocycles. The van der Waals surface area contributed by atoms with Crippen LogP contribution in [0.1, 0.15) is 71.6 Å². The number of unbranched alkanes of at least 4 members (excludes halogenated alkanes) is 4. The molecule has 2 atom stereocenters. The summed E-state index contributed by atoms with van der Waals surface area (Å²) in [5, 5.41) is 0. The van der Waals surface area contributed by atoms with E-state index in [0.717, 1.165) is 0 Å². The smallest absolute Gasteiger partial charge is 0.0209 e. The zero-order valence-electron chi connectivity index (χ0n) is 10.8. The second kappa shape index (κ2) is 8.57. The van der Waals surface area contributed by atoms with Gasteiger partial charge < -0.3 is 0 Å². The lowest BCUT2D eigenvalue weighted by Crippen LogP contribution is -2.01. The van der Waals surface area contributed by atoms with E-state index in [2.05, 4.69) is 13.8 Å². The van der Waals surface area contributed by atoms with Gasteiger partial charge in [0.2, 0.25) is 0 Å². The van der Waals surface area contributed by atoms with Gasteiger partial charge >= 0.3 is 0 Å². The lowest BCUT2D eigenvalue weighted by Gasteiger charge is -2.19. The molecule has 1 saturated heterocycles. The molecule has 0 aromatic heterocycles. The molecule has 15 heavy (non-hydrogen) atoms. The van der Waals surface area contributed by atoms with Crippen LogP contribution >= 0.6 is 7.92 Å². The van der Waals surface area contributed by atoms with Crippen molar-refractivity contribution in [2.75, 3.05) is 12.3 Å². The lowest BCUT2D eigenvalue weighted by atomic mass is 10.1. The van der Waals surface area contributed by atoms with Gasteiger partial charge in [0, 0.05) is 0 Å². The Morgan fingerprint density at radius 3 is 2.53 bits per heavy atom. The van der Waals surface area contributed by atoms with Crippen LogP contribution in [0, 0.1) is 0 Å². The maximum absolute atomic E-state index is 2.36. The van der Waals surface area contributed by atoms with Crippen LogP contribution in [0.2, 0.25) is 0 Å². The monoisotopic (exact) mass is 228 g/mol. The highest BCUT2D eigenvalue weighted by Crippen LogP contribution is 2.52. The second-order valence-electron chi connectivity index (χ2n) is 5.03. The van der Waals surface area contributed by atoms with Gasteiger partial charge in [-0.1, -0.05) is 52.4 Å². The fourth-order valence-corrected chi connectivity index (χ4v) is 6.00. The van der Waals surface area contributed by atoms with Gasteiger partial charge in [-0.05, 0) is 37.2 Å². The van der Waals surface area contributed by atoms with E-state index in [0.29, 0.717) is 7.92 Å². The van der Waals surface area contributed by atoms with E-state index in [4.69, 9.17) is 0 Å². The molecule has 1 aliphatic rings. The molecule has 0 bridgehead atoms. The molecule has 0 aromatic carbocycles. The maximum atomic E-state index is 2.36. The Morgan fingerprint density at radius 2 is 1.80 bits per heavy atom. The van der Waals surface area contributed by atoms with Gasteiger partial charge in [0.15, 0.2) is 0 Å². The van der Waals surface area contributed by atoms with Crippen LogP contribution in [0.4, 0.5) is 0 Å². The Hall–Kier alpha value is 0.430. The van der Waals surface area contributed by atoms with E-state index in [1.54, 1.807) is 31.6 Å². The normalized spacial score (nSPS) is 26.0. The summed E-state index contributed by atoms with van der Waals surface area (Å²) < 4.78 is 0. The summed E-state index contributed by atoms with van der Waals surface area (Å²) in [5.41, 5.74) is 1.17. The van der Waals surface area contributed by atoms with Gasteiger partial charge in [-0.2, -0.15) is 0 Å². The minimum Gasteiger partial charge on any atom is -0.104 e. The van der Waals surface area contributed by atoms with E-state index in [1.165, 1.54) is 44.2 Å². The van der Waals surface area contributed by atoms with Crippen LogP contribution in [-0.2, 0) is 0 Å². The molecule has 1 fully saturated rings. The Kier molecular flexibility index (Phi) is 7.71. The van der Waals surface area contributed by atoms with Gasteiger partial charge in [0.25, 0.3) is 0 Å². The summed E-state index contributed by atoms with van der Waals surface area (Å²) in [6.45, 7) is 4.66. The first-order valence-electron chi connectivity index (χ1n) is 7.12. The predicted octanol–water partition coefficient (Wildman–Crippen LogP) is 5.40. The van der Waals surface area contributed by atoms with Crippen LogP contribution in [0.3, 0.4) is 0 Å².